The highest BCUT2D eigenvalue weighted by molar-refractivity contribution is 7.89. The number of imide groups is 1. The molecule has 0 radical (unpaired) electrons. The average Bonchev–Trinajstić information content (AvgIpc) is 3.07. The minimum atomic E-state index is -4.26. The van der Waals surface area contributed by atoms with Crippen molar-refractivity contribution in [1.29, 1.82) is 0 Å². The normalized spacial score (nSPS) is 16.9. The largest absolute Gasteiger partial charge is 0.354 e. The molecule has 1 unspecified atom stereocenters. The number of sulfonamides is 1. The van der Waals surface area contributed by atoms with E-state index in [2.05, 4.69) is 0 Å². The van der Waals surface area contributed by atoms with Gasteiger partial charge in [-0.15, -0.1) is 0 Å². The van der Waals surface area contributed by atoms with Crippen molar-refractivity contribution in [3.63, 3.8) is 0 Å². The van der Waals surface area contributed by atoms with Crippen LogP contribution in [-0.2, 0) is 29.1 Å². The Morgan fingerprint density at radius 2 is 1.56 bits per heavy atom. The van der Waals surface area contributed by atoms with E-state index in [4.69, 9.17) is 9.47 Å². The van der Waals surface area contributed by atoms with Gasteiger partial charge in [-0.3, -0.25) is 9.59 Å². The first-order valence-electron chi connectivity index (χ1n) is 10.7. The molecule has 2 amide bonds. The van der Waals surface area contributed by atoms with Crippen LogP contribution in [0.3, 0.4) is 0 Å². The van der Waals surface area contributed by atoms with Gasteiger partial charge in [0.25, 0.3) is 5.91 Å². The summed E-state index contributed by atoms with van der Waals surface area (Å²) in [6.45, 7) is 6.76. The van der Waals surface area contributed by atoms with Crippen LogP contribution in [0.2, 0.25) is 0 Å². The quantitative estimate of drug-likeness (QED) is 0.416. The Morgan fingerprint density at radius 3 is 2.06 bits per heavy atom. The SMILES string of the molecule is COC(CN(C1CC(=O)N(c2ccc(F)cc2)C1=O)S(=O)(=O)c1c(C)c(C)cc(C)c1C)OC. The second kappa shape index (κ2) is 9.91. The highest BCUT2D eigenvalue weighted by atomic mass is 32.2. The molecule has 1 aliphatic rings. The van der Waals surface area contributed by atoms with Gasteiger partial charge >= 0.3 is 0 Å². The number of anilines is 1. The van der Waals surface area contributed by atoms with Crippen molar-refractivity contribution in [2.75, 3.05) is 25.7 Å². The molecule has 184 valence electrons. The molecule has 3 rings (SSSR count). The van der Waals surface area contributed by atoms with E-state index in [0.29, 0.717) is 11.1 Å². The fraction of sp³-hybridized carbons (Fsp3) is 0.417. The lowest BCUT2D eigenvalue weighted by Crippen LogP contribution is -2.49. The number of carbonyl (C=O) groups excluding carboxylic acids is 2. The Labute approximate surface area is 199 Å². The highest BCUT2D eigenvalue weighted by Crippen LogP contribution is 2.34. The number of amides is 2. The van der Waals surface area contributed by atoms with E-state index in [1.807, 2.05) is 19.9 Å². The molecule has 1 fully saturated rings. The lowest BCUT2D eigenvalue weighted by Gasteiger charge is -2.31. The number of methoxy groups -OCH3 is 2. The van der Waals surface area contributed by atoms with E-state index in [0.717, 1.165) is 32.5 Å². The van der Waals surface area contributed by atoms with Gasteiger partial charge in [-0.2, -0.15) is 4.31 Å². The van der Waals surface area contributed by atoms with Crippen LogP contribution in [0.15, 0.2) is 35.2 Å². The molecule has 0 spiro atoms. The Balaban J connectivity index is 2.13. The molecule has 1 heterocycles. The van der Waals surface area contributed by atoms with Gasteiger partial charge in [-0.05, 0) is 74.2 Å². The van der Waals surface area contributed by atoms with Crippen molar-refractivity contribution >= 4 is 27.5 Å². The van der Waals surface area contributed by atoms with Crippen LogP contribution < -0.4 is 4.90 Å². The predicted molar refractivity (Wildman–Crippen MR) is 124 cm³/mol. The maximum Gasteiger partial charge on any atom is 0.252 e. The molecule has 0 saturated carbocycles. The van der Waals surface area contributed by atoms with Gasteiger partial charge in [0, 0.05) is 14.2 Å². The van der Waals surface area contributed by atoms with Crippen molar-refractivity contribution in [2.45, 2.75) is 51.3 Å². The summed E-state index contributed by atoms with van der Waals surface area (Å²) in [7, 11) is -1.54. The summed E-state index contributed by atoms with van der Waals surface area (Å²) >= 11 is 0. The lowest BCUT2D eigenvalue weighted by atomic mass is 10.0. The number of benzene rings is 2. The monoisotopic (exact) mass is 492 g/mol. The van der Waals surface area contributed by atoms with Crippen LogP contribution in [-0.4, -0.2) is 57.6 Å². The van der Waals surface area contributed by atoms with E-state index in [9.17, 15) is 22.4 Å². The van der Waals surface area contributed by atoms with Crippen LogP contribution in [0.25, 0.3) is 0 Å². The van der Waals surface area contributed by atoms with Crippen molar-refractivity contribution in [2.24, 2.45) is 0 Å². The van der Waals surface area contributed by atoms with E-state index < -0.39 is 40.0 Å². The van der Waals surface area contributed by atoms with E-state index >= 15 is 0 Å². The standard InChI is InChI=1S/C24H29FN2O6S/c1-14-11-15(2)17(4)23(16(14)3)34(30,31)26(13-22(32-5)33-6)20-12-21(28)27(24(20)29)19-9-7-18(25)8-10-19/h7-11,20,22H,12-13H2,1-6H3. The van der Waals surface area contributed by atoms with Crippen molar-refractivity contribution in [1.82, 2.24) is 4.31 Å². The van der Waals surface area contributed by atoms with Crippen LogP contribution in [0.1, 0.15) is 28.7 Å². The van der Waals surface area contributed by atoms with Crippen LogP contribution in [0.5, 0.6) is 0 Å². The number of hydrogen-bond donors (Lipinski definition) is 0. The maximum absolute atomic E-state index is 14.1. The van der Waals surface area contributed by atoms with Gasteiger partial charge in [-0.1, -0.05) is 6.07 Å². The third-order valence-corrected chi connectivity index (χ3v) is 8.42. The Bertz CT molecular complexity index is 1180. The third-order valence-electron chi connectivity index (χ3n) is 6.27. The molecule has 0 N–H and O–H groups in total. The summed E-state index contributed by atoms with van der Waals surface area (Å²) in [5.41, 5.74) is 2.88. The van der Waals surface area contributed by atoms with Crippen molar-refractivity contribution in [3.05, 3.63) is 58.4 Å². The zero-order valence-electron chi connectivity index (χ0n) is 20.1. The van der Waals surface area contributed by atoms with Gasteiger partial charge in [0.15, 0.2) is 6.29 Å². The van der Waals surface area contributed by atoms with E-state index in [1.165, 1.54) is 26.4 Å². The number of hydrogen-bond acceptors (Lipinski definition) is 6. The van der Waals surface area contributed by atoms with Crippen LogP contribution >= 0.6 is 0 Å². The highest BCUT2D eigenvalue weighted by Gasteiger charge is 2.48. The van der Waals surface area contributed by atoms with Gasteiger partial charge in [0.05, 0.1) is 23.5 Å². The Morgan fingerprint density at radius 1 is 1.03 bits per heavy atom. The number of carbonyl (C=O) groups is 2. The van der Waals surface area contributed by atoms with Crippen LogP contribution in [0.4, 0.5) is 10.1 Å². The minimum absolute atomic E-state index is 0.0939. The number of ether oxygens (including phenoxy) is 2. The summed E-state index contributed by atoms with van der Waals surface area (Å²) in [4.78, 5) is 27.2. The molecule has 8 nitrogen and oxygen atoms in total. The lowest BCUT2D eigenvalue weighted by molar-refractivity contribution is -0.125. The molecule has 1 saturated heterocycles. The first-order chi connectivity index (χ1) is 15.9. The third kappa shape index (κ3) is 4.63. The fourth-order valence-corrected chi connectivity index (χ4v) is 6.32. The topological polar surface area (TPSA) is 93.2 Å². The predicted octanol–water partition coefficient (Wildman–Crippen LogP) is 3.00. The molecule has 2 aromatic carbocycles. The zero-order valence-corrected chi connectivity index (χ0v) is 20.9. The molecule has 2 aromatic rings. The van der Waals surface area contributed by atoms with Crippen molar-refractivity contribution in [3.8, 4) is 0 Å². The summed E-state index contributed by atoms with van der Waals surface area (Å²) in [5.74, 6) is -1.82. The number of aryl methyl sites for hydroxylation is 2. The van der Waals surface area contributed by atoms with E-state index in [1.54, 1.807) is 13.8 Å². The van der Waals surface area contributed by atoms with Gasteiger partial charge in [-0.25, -0.2) is 17.7 Å². The van der Waals surface area contributed by atoms with E-state index in [-0.39, 0.29) is 23.5 Å². The summed E-state index contributed by atoms with van der Waals surface area (Å²) in [6, 6.07) is 5.46. The fourth-order valence-electron chi connectivity index (χ4n) is 4.17. The Kier molecular flexibility index (Phi) is 7.56. The maximum atomic E-state index is 14.1. The molecule has 0 aromatic heterocycles. The summed E-state index contributed by atoms with van der Waals surface area (Å²) in [6.07, 6.45) is -1.33. The minimum Gasteiger partial charge on any atom is -0.354 e. The average molecular weight is 493 g/mol. The molecule has 0 bridgehead atoms. The van der Waals surface area contributed by atoms with Gasteiger partial charge < -0.3 is 9.47 Å². The summed E-state index contributed by atoms with van der Waals surface area (Å²) in [5, 5.41) is 0. The molecule has 0 aliphatic carbocycles. The Hall–Kier alpha value is -2.66. The number of nitrogens with zero attached hydrogens (tertiary/aromatic N) is 2. The number of rotatable bonds is 8. The molecule has 34 heavy (non-hydrogen) atoms. The molecular weight excluding hydrogens is 463 g/mol. The second-order valence-corrected chi connectivity index (χ2v) is 10.2. The molecular formula is C24H29FN2O6S. The molecule has 10 heteroatoms. The zero-order chi connectivity index (χ0) is 25.4. The molecule has 1 atom stereocenters. The summed E-state index contributed by atoms with van der Waals surface area (Å²) < 4.78 is 52.9. The van der Waals surface area contributed by atoms with Crippen molar-refractivity contribution < 1.29 is 31.9 Å². The van der Waals surface area contributed by atoms with Crippen LogP contribution in [0, 0.1) is 33.5 Å². The van der Waals surface area contributed by atoms with Gasteiger partial charge in [0.1, 0.15) is 11.9 Å². The number of halogens is 1. The smallest absolute Gasteiger partial charge is 0.252 e. The molecule has 1 aliphatic heterocycles. The van der Waals surface area contributed by atoms with Gasteiger partial charge in [0.2, 0.25) is 15.9 Å². The first kappa shape index (κ1) is 26.0. The first-order valence-corrected chi connectivity index (χ1v) is 12.1. The second-order valence-electron chi connectivity index (χ2n) is 8.33.